The van der Waals surface area contributed by atoms with E-state index in [2.05, 4.69) is 0 Å². The van der Waals surface area contributed by atoms with Crippen molar-refractivity contribution in [2.75, 3.05) is 6.61 Å². The lowest BCUT2D eigenvalue weighted by Crippen LogP contribution is -2.21. The van der Waals surface area contributed by atoms with Gasteiger partial charge < -0.3 is 9.84 Å². The molecule has 1 unspecified atom stereocenters. The van der Waals surface area contributed by atoms with Gasteiger partial charge in [0.2, 0.25) is 0 Å². The first-order valence-corrected chi connectivity index (χ1v) is 4.44. The zero-order valence-electron chi connectivity index (χ0n) is 8.08. The summed E-state index contributed by atoms with van der Waals surface area (Å²) < 4.78 is 4.73. The molecule has 4 heteroatoms. The highest BCUT2D eigenvalue weighted by Gasteiger charge is 2.14. The van der Waals surface area contributed by atoms with Crippen molar-refractivity contribution in [1.82, 2.24) is 0 Å². The van der Waals surface area contributed by atoms with Crippen molar-refractivity contribution in [2.24, 2.45) is 0 Å². The van der Waals surface area contributed by atoms with E-state index >= 15 is 0 Å². The number of hydrogen-bond donors (Lipinski definition) is 1. The summed E-state index contributed by atoms with van der Waals surface area (Å²) in [5, 5.41) is 8.78. The molecule has 1 N–H and O–H groups in total. The molecule has 0 aromatic heterocycles. The monoisotopic (exact) mass is 188 g/mol. The Balaban J connectivity index is 3.56. The second kappa shape index (κ2) is 6.60. The minimum Gasteiger partial charge on any atom is -0.465 e. The minimum absolute atomic E-state index is 0.332. The van der Waals surface area contributed by atoms with Gasteiger partial charge in [-0.1, -0.05) is 13.3 Å². The van der Waals surface area contributed by atoms with Crippen LogP contribution >= 0.6 is 0 Å². The molecule has 4 nitrogen and oxygen atoms in total. The quantitative estimate of drug-likeness (QED) is 0.378. The number of aliphatic hydroxyl groups excluding tert-OH is 1. The Bertz CT molecular complexity index is 174. The van der Waals surface area contributed by atoms with Gasteiger partial charge in [-0.3, -0.25) is 9.59 Å². The maximum Gasteiger partial charge on any atom is 0.313 e. The van der Waals surface area contributed by atoms with E-state index in [1.165, 1.54) is 6.92 Å². The van der Waals surface area contributed by atoms with Gasteiger partial charge in [0, 0.05) is 0 Å². The maximum absolute atomic E-state index is 10.9. The molecular formula is C9H16O4. The van der Waals surface area contributed by atoms with Crippen molar-refractivity contribution >= 4 is 11.8 Å². The van der Waals surface area contributed by atoms with E-state index in [-0.39, 0.29) is 6.42 Å². The number of unbranched alkanes of at least 4 members (excludes halogenated alkanes) is 1. The Hall–Kier alpha value is -0.900. The van der Waals surface area contributed by atoms with Crippen LogP contribution in [0.5, 0.6) is 0 Å². The molecule has 0 heterocycles. The summed E-state index contributed by atoms with van der Waals surface area (Å²) in [5.41, 5.74) is 0. The summed E-state index contributed by atoms with van der Waals surface area (Å²) in [6, 6.07) is 0. The molecule has 0 aliphatic carbocycles. The molecule has 1 atom stereocenters. The standard InChI is InChI=1S/C9H16O4/c1-3-4-5-13-9(12)6-8(11)7(2)10/h7,10H,3-6H2,1-2H3. The van der Waals surface area contributed by atoms with Gasteiger partial charge in [-0.05, 0) is 13.3 Å². The molecule has 0 radical (unpaired) electrons. The average Bonchev–Trinajstić information content (AvgIpc) is 2.04. The second-order valence-corrected chi connectivity index (χ2v) is 2.89. The van der Waals surface area contributed by atoms with Gasteiger partial charge in [0.25, 0.3) is 0 Å². The second-order valence-electron chi connectivity index (χ2n) is 2.89. The molecule has 0 spiro atoms. The van der Waals surface area contributed by atoms with Crippen molar-refractivity contribution in [3.05, 3.63) is 0 Å². The summed E-state index contributed by atoms with van der Waals surface area (Å²) in [6.07, 6.45) is 0.326. The number of ketones is 1. The molecule has 0 saturated heterocycles. The highest BCUT2D eigenvalue weighted by Crippen LogP contribution is 1.95. The third-order valence-corrected chi connectivity index (χ3v) is 1.55. The van der Waals surface area contributed by atoms with Crippen LogP contribution in [0.2, 0.25) is 0 Å². The fourth-order valence-corrected chi connectivity index (χ4v) is 0.671. The van der Waals surface area contributed by atoms with Crippen molar-refractivity contribution in [3.63, 3.8) is 0 Å². The first kappa shape index (κ1) is 12.1. The lowest BCUT2D eigenvalue weighted by molar-refractivity contribution is -0.147. The summed E-state index contributed by atoms with van der Waals surface area (Å²) in [6.45, 7) is 3.67. The highest BCUT2D eigenvalue weighted by molar-refractivity contribution is 5.97. The smallest absolute Gasteiger partial charge is 0.313 e. The van der Waals surface area contributed by atoms with Crippen LogP contribution in [0.15, 0.2) is 0 Å². The number of rotatable bonds is 6. The molecule has 76 valence electrons. The fourth-order valence-electron chi connectivity index (χ4n) is 0.671. The van der Waals surface area contributed by atoms with Gasteiger partial charge in [-0.25, -0.2) is 0 Å². The molecule has 0 aromatic carbocycles. The first-order chi connectivity index (χ1) is 6.07. The largest absolute Gasteiger partial charge is 0.465 e. The van der Waals surface area contributed by atoms with Crippen LogP contribution in [0.3, 0.4) is 0 Å². The van der Waals surface area contributed by atoms with Crippen molar-refractivity contribution in [3.8, 4) is 0 Å². The summed E-state index contributed by atoms with van der Waals surface area (Å²) >= 11 is 0. The number of Topliss-reactive ketones (excluding diaryl/α,β-unsaturated/α-hetero) is 1. The van der Waals surface area contributed by atoms with E-state index in [1.807, 2.05) is 6.92 Å². The maximum atomic E-state index is 10.9. The lowest BCUT2D eigenvalue weighted by atomic mass is 10.2. The van der Waals surface area contributed by atoms with Crippen LogP contribution in [-0.4, -0.2) is 29.6 Å². The van der Waals surface area contributed by atoms with Gasteiger partial charge in [0.05, 0.1) is 6.61 Å². The summed E-state index contributed by atoms with van der Waals surface area (Å²) in [7, 11) is 0. The predicted molar refractivity (Wildman–Crippen MR) is 47.2 cm³/mol. The Morgan fingerprint density at radius 1 is 1.46 bits per heavy atom. The summed E-state index contributed by atoms with van der Waals surface area (Å²) in [5.74, 6) is -1.05. The molecule has 0 amide bonds. The van der Waals surface area contributed by atoms with Crippen molar-refractivity contribution < 1.29 is 19.4 Å². The number of ether oxygens (including phenoxy) is 1. The predicted octanol–water partition coefficient (Wildman–Crippen LogP) is 0.670. The molecule has 0 aromatic rings. The van der Waals surface area contributed by atoms with E-state index < -0.39 is 17.9 Å². The number of aliphatic hydroxyl groups is 1. The Labute approximate surface area is 77.9 Å². The van der Waals surface area contributed by atoms with Crippen LogP contribution in [0.1, 0.15) is 33.1 Å². The van der Waals surface area contributed by atoms with Gasteiger partial charge in [0.15, 0.2) is 5.78 Å². The van der Waals surface area contributed by atoms with E-state index in [9.17, 15) is 9.59 Å². The topological polar surface area (TPSA) is 63.6 Å². The van der Waals surface area contributed by atoms with Gasteiger partial charge >= 0.3 is 5.97 Å². The van der Waals surface area contributed by atoms with E-state index in [0.29, 0.717) is 6.61 Å². The van der Waals surface area contributed by atoms with E-state index in [0.717, 1.165) is 12.8 Å². The number of hydrogen-bond acceptors (Lipinski definition) is 4. The molecule has 0 aliphatic heterocycles. The van der Waals surface area contributed by atoms with Crippen LogP contribution in [0.4, 0.5) is 0 Å². The Morgan fingerprint density at radius 2 is 2.08 bits per heavy atom. The molecule has 0 bridgehead atoms. The number of esters is 1. The molecule has 0 aliphatic rings. The van der Waals surface area contributed by atoms with Crippen molar-refractivity contribution in [2.45, 2.75) is 39.2 Å². The lowest BCUT2D eigenvalue weighted by Gasteiger charge is -2.04. The normalized spacial score (nSPS) is 12.2. The van der Waals surface area contributed by atoms with Gasteiger partial charge in [-0.15, -0.1) is 0 Å². The fraction of sp³-hybridized carbons (Fsp3) is 0.778. The highest BCUT2D eigenvalue weighted by atomic mass is 16.5. The summed E-state index contributed by atoms with van der Waals surface area (Å²) in [4.78, 5) is 21.7. The van der Waals surface area contributed by atoms with Gasteiger partial charge in [0.1, 0.15) is 12.5 Å². The van der Waals surface area contributed by atoms with Crippen LogP contribution in [0, 0.1) is 0 Å². The Kier molecular flexibility index (Phi) is 6.14. The van der Waals surface area contributed by atoms with Gasteiger partial charge in [-0.2, -0.15) is 0 Å². The SMILES string of the molecule is CCCCOC(=O)CC(=O)C(C)O. The number of carbonyl (C=O) groups is 2. The molecule has 0 rings (SSSR count). The van der Waals surface area contributed by atoms with Crippen LogP contribution < -0.4 is 0 Å². The average molecular weight is 188 g/mol. The number of carbonyl (C=O) groups excluding carboxylic acids is 2. The van der Waals surface area contributed by atoms with Crippen LogP contribution in [-0.2, 0) is 14.3 Å². The molecule has 0 fully saturated rings. The zero-order valence-corrected chi connectivity index (χ0v) is 8.08. The van der Waals surface area contributed by atoms with Crippen LogP contribution in [0.25, 0.3) is 0 Å². The molecular weight excluding hydrogens is 172 g/mol. The zero-order chi connectivity index (χ0) is 10.3. The third-order valence-electron chi connectivity index (χ3n) is 1.55. The molecule has 0 saturated carbocycles. The third kappa shape index (κ3) is 6.28. The van der Waals surface area contributed by atoms with Crippen molar-refractivity contribution in [1.29, 1.82) is 0 Å². The Morgan fingerprint density at radius 3 is 2.54 bits per heavy atom. The first-order valence-electron chi connectivity index (χ1n) is 4.44. The minimum atomic E-state index is -1.08. The van der Waals surface area contributed by atoms with E-state index in [4.69, 9.17) is 9.84 Å². The molecule has 13 heavy (non-hydrogen) atoms. The van der Waals surface area contributed by atoms with E-state index in [1.54, 1.807) is 0 Å².